The molecule has 3 fully saturated rings. The molecule has 4 nitrogen and oxygen atoms in total. The summed E-state index contributed by atoms with van der Waals surface area (Å²) in [5.74, 6) is 0.869. The molecule has 3 aliphatic rings. The molecule has 4 rings (SSSR count). The maximum Gasteiger partial charge on any atom is 0.223 e. The van der Waals surface area contributed by atoms with E-state index in [4.69, 9.17) is 4.74 Å². The molecule has 3 unspecified atom stereocenters. The van der Waals surface area contributed by atoms with Gasteiger partial charge in [-0.2, -0.15) is 0 Å². The van der Waals surface area contributed by atoms with Crippen molar-refractivity contribution in [2.75, 3.05) is 19.7 Å². The van der Waals surface area contributed by atoms with Crippen molar-refractivity contribution in [1.29, 1.82) is 0 Å². The van der Waals surface area contributed by atoms with Gasteiger partial charge in [-0.05, 0) is 49.3 Å². The van der Waals surface area contributed by atoms with Gasteiger partial charge in [0.1, 0.15) is 6.10 Å². The van der Waals surface area contributed by atoms with E-state index in [2.05, 4.69) is 33.4 Å². The number of carbonyl (C=O) groups excluding carboxylic acids is 1. The number of amides is 1. The van der Waals surface area contributed by atoms with E-state index in [0.29, 0.717) is 43.5 Å². The maximum atomic E-state index is 12.8. The number of ether oxygens (including phenoxy) is 1. The Labute approximate surface area is 152 Å². The zero-order valence-corrected chi connectivity index (χ0v) is 15.5. The third-order valence-corrected chi connectivity index (χ3v) is 6.17. The fourth-order valence-corrected chi connectivity index (χ4v) is 4.92. The van der Waals surface area contributed by atoms with Crippen LogP contribution in [0.5, 0.6) is 0 Å². The van der Waals surface area contributed by atoms with Crippen LogP contribution in [0.25, 0.3) is 0 Å². The zero-order valence-electron chi connectivity index (χ0n) is 13.9. The highest BCUT2D eigenvalue weighted by molar-refractivity contribution is 9.10. The lowest BCUT2D eigenvalue weighted by Gasteiger charge is -2.35. The zero-order chi connectivity index (χ0) is 16.5. The molecule has 3 aliphatic heterocycles. The topological polar surface area (TPSA) is 41.6 Å². The second kappa shape index (κ2) is 7.14. The molecule has 3 saturated heterocycles. The van der Waals surface area contributed by atoms with Crippen molar-refractivity contribution in [2.24, 2.45) is 5.92 Å². The Bertz CT molecular complexity index is 597. The average molecular weight is 393 g/mol. The number of nitrogens with zero attached hydrogens (tertiary/aromatic N) is 1. The van der Waals surface area contributed by atoms with E-state index in [-0.39, 0.29) is 6.10 Å². The van der Waals surface area contributed by atoms with Crippen molar-refractivity contribution in [3.05, 3.63) is 34.3 Å². The smallest absolute Gasteiger partial charge is 0.223 e. The first-order valence-corrected chi connectivity index (χ1v) is 9.87. The molecular weight excluding hydrogens is 368 g/mol. The number of hydrogen-bond donors (Lipinski definition) is 1. The fourth-order valence-electron chi connectivity index (χ4n) is 4.50. The summed E-state index contributed by atoms with van der Waals surface area (Å²) in [6.45, 7) is 2.02. The van der Waals surface area contributed by atoms with E-state index < -0.39 is 0 Å². The van der Waals surface area contributed by atoms with Crippen molar-refractivity contribution in [1.82, 2.24) is 10.2 Å². The maximum absolute atomic E-state index is 12.8. The minimum atomic E-state index is -0.00981. The third-order valence-electron chi connectivity index (χ3n) is 5.67. The number of halogens is 1. The van der Waals surface area contributed by atoms with Gasteiger partial charge < -0.3 is 15.0 Å². The number of rotatable bonds is 3. The minimum absolute atomic E-state index is 0.00981. The van der Waals surface area contributed by atoms with Gasteiger partial charge in [-0.15, -0.1) is 0 Å². The number of hydrogen-bond acceptors (Lipinski definition) is 3. The van der Waals surface area contributed by atoms with Gasteiger partial charge in [0.2, 0.25) is 5.91 Å². The Hall–Kier alpha value is -0.910. The summed E-state index contributed by atoms with van der Waals surface area (Å²) in [6.07, 6.45) is 5.61. The summed E-state index contributed by atoms with van der Waals surface area (Å²) in [7, 11) is 0. The van der Waals surface area contributed by atoms with Gasteiger partial charge in [0.05, 0.1) is 13.2 Å². The van der Waals surface area contributed by atoms with Gasteiger partial charge in [0, 0.05) is 29.5 Å². The fraction of sp³-hybridized carbons (Fsp3) is 0.632. The van der Waals surface area contributed by atoms with E-state index in [1.807, 2.05) is 17.0 Å². The van der Waals surface area contributed by atoms with Gasteiger partial charge in [-0.1, -0.05) is 28.1 Å². The number of morpholine rings is 1. The van der Waals surface area contributed by atoms with E-state index in [1.54, 1.807) is 0 Å². The number of benzene rings is 1. The molecule has 3 atom stereocenters. The van der Waals surface area contributed by atoms with Crippen LogP contribution in [0.2, 0.25) is 0 Å². The van der Waals surface area contributed by atoms with Crippen molar-refractivity contribution < 1.29 is 9.53 Å². The second-order valence-corrected chi connectivity index (χ2v) is 8.35. The standard InChI is InChI=1S/C19H25BrN2O2/c20-15-3-1-2-14(11-15)18-12-22(6-7-24-18)19(23)10-13-8-16-4-5-17(9-13)21-16/h1-3,11,13,16-18,21H,4-10,12H2. The normalized spacial score (nSPS) is 32.8. The third kappa shape index (κ3) is 3.68. The van der Waals surface area contributed by atoms with Crippen LogP contribution < -0.4 is 5.32 Å². The molecular formula is C19H25BrN2O2. The van der Waals surface area contributed by atoms with Crippen LogP contribution in [0.4, 0.5) is 0 Å². The first-order chi connectivity index (χ1) is 11.7. The molecule has 2 bridgehead atoms. The van der Waals surface area contributed by atoms with Crippen LogP contribution in [0.15, 0.2) is 28.7 Å². The predicted octanol–water partition coefficient (Wildman–Crippen LogP) is 3.27. The first-order valence-electron chi connectivity index (χ1n) is 9.08. The minimum Gasteiger partial charge on any atom is -0.370 e. The SMILES string of the molecule is O=C(CC1CC2CCC(C1)N2)N1CCOC(c2cccc(Br)c2)C1. The molecule has 1 amide bonds. The highest BCUT2D eigenvalue weighted by Crippen LogP contribution is 2.33. The van der Waals surface area contributed by atoms with E-state index in [0.717, 1.165) is 16.6 Å². The number of nitrogens with one attached hydrogen (secondary N) is 1. The number of fused-ring (bicyclic) bond motifs is 2. The Kier molecular flexibility index (Phi) is 4.93. The van der Waals surface area contributed by atoms with E-state index in [1.165, 1.54) is 25.7 Å². The van der Waals surface area contributed by atoms with Gasteiger partial charge in [-0.3, -0.25) is 4.79 Å². The Balaban J connectivity index is 1.36. The molecule has 24 heavy (non-hydrogen) atoms. The molecule has 0 aromatic heterocycles. The number of piperidine rings is 1. The molecule has 1 aromatic carbocycles. The van der Waals surface area contributed by atoms with Crippen LogP contribution in [-0.4, -0.2) is 42.6 Å². The highest BCUT2D eigenvalue weighted by Gasteiger charge is 2.35. The van der Waals surface area contributed by atoms with Gasteiger partial charge in [0.25, 0.3) is 0 Å². The first kappa shape index (κ1) is 16.6. The second-order valence-electron chi connectivity index (χ2n) is 7.43. The summed E-state index contributed by atoms with van der Waals surface area (Å²) >= 11 is 3.51. The van der Waals surface area contributed by atoms with Crippen LogP contribution in [0, 0.1) is 5.92 Å². The van der Waals surface area contributed by atoms with Crippen molar-refractivity contribution in [2.45, 2.75) is 50.3 Å². The summed E-state index contributed by atoms with van der Waals surface area (Å²) < 4.78 is 6.96. The highest BCUT2D eigenvalue weighted by atomic mass is 79.9. The molecule has 1 aromatic rings. The van der Waals surface area contributed by atoms with Crippen LogP contribution in [0.3, 0.4) is 0 Å². The molecule has 0 spiro atoms. The molecule has 1 N–H and O–H groups in total. The molecule has 3 heterocycles. The lowest BCUT2D eigenvalue weighted by atomic mass is 9.89. The van der Waals surface area contributed by atoms with Gasteiger partial charge in [0.15, 0.2) is 0 Å². The van der Waals surface area contributed by atoms with Crippen molar-refractivity contribution in [3.63, 3.8) is 0 Å². The lowest BCUT2D eigenvalue weighted by Crippen LogP contribution is -2.44. The molecule has 5 heteroatoms. The van der Waals surface area contributed by atoms with E-state index >= 15 is 0 Å². The van der Waals surface area contributed by atoms with Crippen molar-refractivity contribution >= 4 is 21.8 Å². The molecule has 0 aliphatic carbocycles. The summed E-state index contributed by atoms with van der Waals surface area (Å²) in [4.78, 5) is 14.8. The average Bonchev–Trinajstić information content (AvgIpc) is 2.93. The van der Waals surface area contributed by atoms with Crippen molar-refractivity contribution in [3.8, 4) is 0 Å². The van der Waals surface area contributed by atoms with Gasteiger partial charge in [-0.25, -0.2) is 0 Å². The van der Waals surface area contributed by atoms with E-state index in [9.17, 15) is 4.79 Å². The molecule has 0 radical (unpaired) electrons. The van der Waals surface area contributed by atoms with Crippen LogP contribution in [0.1, 0.15) is 43.8 Å². The lowest BCUT2D eigenvalue weighted by molar-refractivity contribution is -0.140. The molecule has 0 saturated carbocycles. The summed E-state index contributed by atoms with van der Waals surface area (Å²) in [5, 5.41) is 3.66. The van der Waals surface area contributed by atoms with Gasteiger partial charge >= 0.3 is 0 Å². The van der Waals surface area contributed by atoms with Crippen LogP contribution >= 0.6 is 15.9 Å². The monoisotopic (exact) mass is 392 g/mol. The predicted molar refractivity (Wildman–Crippen MR) is 96.7 cm³/mol. The van der Waals surface area contributed by atoms with Crippen LogP contribution in [-0.2, 0) is 9.53 Å². The largest absolute Gasteiger partial charge is 0.370 e. The Morgan fingerprint density at radius 2 is 2.08 bits per heavy atom. The summed E-state index contributed by atoms with van der Waals surface area (Å²) in [6, 6.07) is 9.51. The summed E-state index contributed by atoms with van der Waals surface area (Å²) in [5.41, 5.74) is 1.14. The quantitative estimate of drug-likeness (QED) is 0.857. The Morgan fingerprint density at radius 1 is 1.29 bits per heavy atom. The number of carbonyl (C=O) groups is 1. The molecule has 130 valence electrons. The Morgan fingerprint density at radius 3 is 2.83 bits per heavy atom.